The Hall–Kier alpha value is -2.52. The molecular formula is C20H22N4O4S. The molecule has 1 unspecified atom stereocenters. The van der Waals surface area contributed by atoms with E-state index >= 15 is 0 Å². The Balaban J connectivity index is 1.40. The molecule has 1 aromatic heterocycles. The number of amides is 1. The minimum absolute atomic E-state index is 0.131. The number of piperidine rings is 1. The number of benzene rings is 1. The quantitative estimate of drug-likeness (QED) is 0.754. The predicted molar refractivity (Wildman–Crippen MR) is 105 cm³/mol. The molecule has 1 amide bonds. The van der Waals surface area contributed by atoms with E-state index in [1.165, 1.54) is 4.31 Å². The number of nitrogens with zero attached hydrogens (tertiary/aromatic N) is 4. The number of ether oxygens (including phenoxy) is 1. The summed E-state index contributed by atoms with van der Waals surface area (Å²) in [5.74, 6) is 0.131. The first-order chi connectivity index (χ1) is 14.0. The van der Waals surface area contributed by atoms with Gasteiger partial charge in [-0.2, -0.15) is 4.31 Å². The van der Waals surface area contributed by atoms with Crippen molar-refractivity contribution in [1.82, 2.24) is 14.3 Å². The van der Waals surface area contributed by atoms with Crippen LogP contribution >= 0.6 is 0 Å². The average molecular weight is 414 g/mol. The van der Waals surface area contributed by atoms with Crippen LogP contribution in [0.5, 0.6) is 6.01 Å². The summed E-state index contributed by atoms with van der Waals surface area (Å²) in [6.07, 6.45) is 6.14. The van der Waals surface area contributed by atoms with Crippen molar-refractivity contribution in [3.05, 3.63) is 41.7 Å². The summed E-state index contributed by atoms with van der Waals surface area (Å²) in [5.41, 5.74) is 2.85. The van der Waals surface area contributed by atoms with Crippen molar-refractivity contribution >= 4 is 21.6 Å². The van der Waals surface area contributed by atoms with Crippen LogP contribution in [0.3, 0.4) is 0 Å². The van der Waals surface area contributed by atoms with Crippen LogP contribution < -0.4 is 9.64 Å². The van der Waals surface area contributed by atoms with Crippen LogP contribution in [0.1, 0.15) is 30.4 Å². The monoisotopic (exact) mass is 414 g/mol. The average Bonchev–Trinajstić information content (AvgIpc) is 3.17. The first-order valence-corrected chi connectivity index (χ1v) is 11.4. The first kappa shape index (κ1) is 18.5. The Morgan fingerprint density at radius 1 is 1.03 bits per heavy atom. The Kier molecular flexibility index (Phi) is 4.51. The number of hydrogen-bond donors (Lipinski definition) is 0. The SMILES string of the molecule is O=C1CCc2cc(S(=O)(=O)N3CCCC(Oc4ncccn4)C3)cc3c2N1CC3. The normalized spacial score (nSPS) is 21.9. The largest absolute Gasteiger partial charge is 0.459 e. The van der Waals surface area contributed by atoms with Crippen molar-refractivity contribution in [2.75, 3.05) is 24.5 Å². The van der Waals surface area contributed by atoms with E-state index in [4.69, 9.17) is 4.74 Å². The summed E-state index contributed by atoms with van der Waals surface area (Å²) in [5, 5.41) is 0. The van der Waals surface area contributed by atoms with Gasteiger partial charge in [-0.25, -0.2) is 18.4 Å². The number of aryl methyl sites for hydroxylation is 1. The maximum atomic E-state index is 13.4. The second kappa shape index (κ2) is 7.07. The third kappa shape index (κ3) is 3.28. The van der Waals surface area contributed by atoms with Crippen LogP contribution in [0.15, 0.2) is 35.5 Å². The predicted octanol–water partition coefficient (Wildman–Crippen LogP) is 1.54. The number of sulfonamides is 1. The third-order valence-electron chi connectivity index (χ3n) is 5.82. The molecule has 0 radical (unpaired) electrons. The molecule has 9 heteroatoms. The Morgan fingerprint density at radius 3 is 2.59 bits per heavy atom. The molecule has 1 atom stereocenters. The van der Waals surface area contributed by atoms with Gasteiger partial charge in [0.25, 0.3) is 0 Å². The lowest BCUT2D eigenvalue weighted by Crippen LogP contribution is -2.44. The van der Waals surface area contributed by atoms with Crippen LogP contribution in [0.4, 0.5) is 5.69 Å². The van der Waals surface area contributed by atoms with E-state index in [0.29, 0.717) is 37.2 Å². The van der Waals surface area contributed by atoms with Crippen LogP contribution in [-0.4, -0.2) is 54.3 Å². The highest BCUT2D eigenvalue weighted by atomic mass is 32.2. The second-order valence-electron chi connectivity index (χ2n) is 7.66. The molecule has 0 saturated carbocycles. The summed E-state index contributed by atoms with van der Waals surface area (Å²) in [7, 11) is -3.64. The van der Waals surface area contributed by atoms with Gasteiger partial charge in [0.15, 0.2) is 0 Å². The second-order valence-corrected chi connectivity index (χ2v) is 9.60. The fourth-order valence-electron chi connectivity index (χ4n) is 4.44. The highest BCUT2D eigenvalue weighted by Crippen LogP contribution is 2.39. The van der Waals surface area contributed by atoms with E-state index in [2.05, 4.69) is 9.97 Å². The van der Waals surface area contributed by atoms with E-state index in [1.807, 2.05) is 0 Å². The molecule has 8 nitrogen and oxygen atoms in total. The zero-order valence-electron chi connectivity index (χ0n) is 16.0. The maximum Gasteiger partial charge on any atom is 0.316 e. The van der Waals surface area contributed by atoms with E-state index in [1.54, 1.807) is 35.5 Å². The van der Waals surface area contributed by atoms with Crippen molar-refractivity contribution in [3.63, 3.8) is 0 Å². The number of carbonyl (C=O) groups excluding carboxylic acids is 1. The molecule has 0 spiro atoms. The lowest BCUT2D eigenvalue weighted by atomic mass is 10.00. The van der Waals surface area contributed by atoms with E-state index < -0.39 is 10.0 Å². The first-order valence-electron chi connectivity index (χ1n) is 9.92. The van der Waals surface area contributed by atoms with Crippen LogP contribution in [0.25, 0.3) is 0 Å². The zero-order valence-corrected chi connectivity index (χ0v) is 16.8. The lowest BCUT2D eigenvalue weighted by Gasteiger charge is -2.32. The smallest absolute Gasteiger partial charge is 0.316 e. The van der Waals surface area contributed by atoms with Gasteiger partial charge < -0.3 is 9.64 Å². The summed E-state index contributed by atoms with van der Waals surface area (Å²) in [6.45, 7) is 1.38. The standard InChI is InChI=1S/C20H22N4O4S/c25-18-5-4-14-11-17(12-15-6-10-24(18)19(14)15)29(26,27)23-9-1-3-16(13-23)28-20-21-7-2-8-22-20/h2,7-8,11-12,16H,1,3-6,9-10,13H2. The van der Waals surface area contributed by atoms with Crippen LogP contribution in [0, 0.1) is 0 Å². The lowest BCUT2D eigenvalue weighted by molar-refractivity contribution is -0.118. The summed E-state index contributed by atoms with van der Waals surface area (Å²) in [6, 6.07) is 5.48. The van der Waals surface area contributed by atoms with Crippen LogP contribution in [-0.2, 0) is 27.7 Å². The molecule has 152 valence electrons. The van der Waals surface area contributed by atoms with Gasteiger partial charge in [0.2, 0.25) is 15.9 Å². The minimum atomic E-state index is -3.64. The van der Waals surface area contributed by atoms with Gasteiger partial charge in [0.1, 0.15) is 6.10 Å². The summed E-state index contributed by atoms with van der Waals surface area (Å²) < 4.78 is 34.0. The van der Waals surface area contributed by atoms with Crippen molar-refractivity contribution < 1.29 is 17.9 Å². The van der Waals surface area contributed by atoms with Crippen molar-refractivity contribution in [2.24, 2.45) is 0 Å². The van der Waals surface area contributed by atoms with E-state index in [-0.39, 0.29) is 24.6 Å². The van der Waals surface area contributed by atoms with Gasteiger partial charge in [0, 0.05) is 31.9 Å². The molecule has 1 saturated heterocycles. The van der Waals surface area contributed by atoms with Gasteiger partial charge in [-0.1, -0.05) is 0 Å². The number of rotatable bonds is 4. The maximum absolute atomic E-state index is 13.4. The molecule has 3 aliphatic rings. The highest BCUT2D eigenvalue weighted by molar-refractivity contribution is 7.89. The molecule has 29 heavy (non-hydrogen) atoms. The topological polar surface area (TPSA) is 92.7 Å². The fraction of sp³-hybridized carbons (Fsp3) is 0.450. The summed E-state index contributed by atoms with van der Waals surface area (Å²) in [4.78, 5) is 22.4. The highest BCUT2D eigenvalue weighted by Gasteiger charge is 2.36. The molecule has 0 N–H and O–H groups in total. The molecule has 3 aliphatic heterocycles. The zero-order chi connectivity index (χ0) is 20.0. The molecular weight excluding hydrogens is 392 g/mol. The van der Waals surface area contributed by atoms with Gasteiger partial charge in [-0.3, -0.25) is 4.79 Å². The number of carbonyl (C=O) groups is 1. The Bertz CT molecular complexity index is 1060. The minimum Gasteiger partial charge on any atom is -0.459 e. The van der Waals surface area contributed by atoms with Gasteiger partial charge in [-0.05, 0) is 55.0 Å². The third-order valence-corrected chi connectivity index (χ3v) is 7.66. The number of hydrogen-bond acceptors (Lipinski definition) is 6. The fourth-order valence-corrected chi connectivity index (χ4v) is 6.05. The van der Waals surface area contributed by atoms with Gasteiger partial charge in [0.05, 0.1) is 17.1 Å². The van der Waals surface area contributed by atoms with Gasteiger partial charge in [-0.15, -0.1) is 0 Å². The van der Waals surface area contributed by atoms with Gasteiger partial charge >= 0.3 is 6.01 Å². The van der Waals surface area contributed by atoms with Crippen LogP contribution in [0.2, 0.25) is 0 Å². The van der Waals surface area contributed by atoms with E-state index in [0.717, 1.165) is 29.7 Å². The molecule has 1 fully saturated rings. The Labute approximate surface area is 169 Å². The van der Waals surface area contributed by atoms with Crippen molar-refractivity contribution in [2.45, 2.75) is 43.1 Å². The molecule has 0 bridgehead atoms. The number of anilines is 1. The van der Waals surface area contributed by atoms with Crippen molar-refractivity contribution in [3.8, 4) is 6.01 Å². The molecule has 1 aromatic carbocycles. The van der Waals surface area contributed by atoms with E-state index in [9.17, 15) is 13.2 Å². The molecule has 5 rings (SSSR count). The summed E-state index contributed by atoms with van der Waals surface area (Å²) >= 11 is 0. The number of aromatic nitrogens is 2. The van der Waals surface area contributed by atoms with Crippen molar-refractivity contribution in [1.29, 1.82) is 0 Å². The molecule has 2 aromatic rings. The molecule has 4 heterocycles. The molecule has 0 aliphatic carbocycles. The Morgan fingerprint density at radius 2 is 1.79 bits per heavy atom.